The van der Waals surface area contributed by atoms with Crippen LogP contribution in [0.1, 0.15) is 51.9 Å². The van der Waals surface area contributed by atoms with Gasteiger partial charge in [0.25, 0.3) is 0 Å². The number of aliphatic hydroxyl groups excluding tert-OH is 1. The molecule has 0 spiro atoms. The van der Waals surface area contributed by atoms with E-state index >= 15 is 0 Å². The Morgan fingerprint density at radius 3 is 2.62 bits per heavy atom. The SMILES string of the molecule is CCC(=O)N1CCCC(C(=O)NCC(O)C2CCCC2)C1. The lowest BCUT2D eigenvalue weighted by Gasteiger charge is -2.32. The van der Waals surface area contributed by atoms with Crippen molar-refractivity contribution in [2.45, 2.75) is 58.0 Å². The van der Waals surface area contributed by atoms with Crippen molar-refractivity contribution in [1.82, 2.24) is 10.2 Å². The van der Waals surface area contributed by atoms with E-state index in [9.17, 15) is 14.7 Å². The summed E-state index contributed by atoms with van der Waals surface area (Å²) < 4.78 is 0. The Kier molecular flexibility index (Phi) is 6.03. The predicted octanol–water partition coefficient (Wildman–Crippen LogP) is 1.30. The number of rotatable bonds is 5. The van der Waals surface area contributed by atoms with E-state index in [1.54, 1.807) is 4.90 Å². The Balaban J connectivity index is 1.75. The first-order chi connectivity index (χ1) is 10.1. The average molecular weight is 296 g/mol. The molecule has 2 fully saturated rings. The lowest BCUT2D eigenvalue weighted by atomic mass is 9.96. The minimum absolute atomic E-state index is 0.0133. The van der Waals surface area contributed by atoms with Crippen LogP contribution in [0.25, 0.3) is 0 Å². The molecule has 2 aliphatic rings. The van der Waals surface area contributed by atoms with Crippen LogP contribution >= 0.6 is 0 Å². The molecule has 0 bridgehead atoms. The summed E-state index contributed by atoms with van der Waals surface area (Å²) in [5.41, 5.74) is 0. The molecule has 0 aromatic rings. The summed E-state index contributed by atoms with van der Waals surface area (Å²) >= 11 is 0. The summed E-state index contributed by atoms with van der Waals surface area (Å²) in [6.07, 6.45) is 6.30. The first-order valence-electron chi connectivity index (χ1n) is 8.35. The smallest absolute Gasteiger partial charge is 0.224 e. The van der Waals surface area contributed by atoms with Gasteiger partial charge in [-0.15, -0.1) is 0 Å². The Morgan fingerprint density at radius 2 is 1.95 bits per heavy atom. The number of amides is 2. The maximum Gasteiger partial charge on any atom is 0.224 e. The number of likely N-dealkylation sites (tertiary alicyclic amines) is 1. The number of nitrogens with zero attached hydrogens (tertiary/aromatic N) is 1. The van der Waals surface area contributed by atoms with Gasteiger partial charge in [-0.05, 0) is 31.6 Å². The first-order valence-corrected chi connectivity index (χ1v) is 8.35. The van der Waals surface area contributed by atoms with E-state index in [0.29, 0.717) is 25.4 Å². The van der Waals surface area contributed by atoms with E-state index in [2.05, 4.69) is 5.32 Å². The number of piperidine rings is 1. The summed E-state index contributed by atoms with van der Waals surface area (Å²) in [7, 11) is 0. The van der Waals surface area contributed by atoms with Crippen LogP contribution in [0.5, 0.6) is 0 Å². The zero-order chi connectivity index (χ0) is 15.2. The van der Waals surface area contributed by atoms with Gasteiger partial charge in [-0.1, -0.05) is 19.8 Å². The molecule has 1 aliphatic carbocycles. The fraction of sp³-hybridized carbons (Fsp3) is 0.875. The fourth-order valence-electron chi connectivity index (χ4n) is 3.50. The van der Waals surface area contributed by atoms with Crippen LogP contribution in [0.2, 0.25) is 0 Å². The van der Waals surface area contributed by atoms with Crippen LogP contribution in [0.4, 0.5) is 0 Å². The van der Waals surface area contributed by atoms with Gasteiger partial charge in [-0.2, -0.15) is 0 Å². The number of hydrogen-bond acceptors (Lipinski definition) is 3. The van der Waals surface area contributed by atoms with Gasteiger partial charge in [-0.25, -0.2) is 0 Å². The molecule has 0 aromatic carbocycles. The summed E-state index contributed by atoms with van der Waals surface area (Å²) in [5.74, 6) is 0.332. The third kappa shape index (κ3) is 4.43. The second-order valence-electron chi connectivity index (χ2n) is 6.39. The van der Waals surface area contributed by atoms with Crippen molar-refractivity contribution in [3.8, 4) is 0 Å². The largest absolute Gasteiger partial charge is 0.391 e. The summed E-state index contributed by atoms with van der Waals surface area (Å²) in [6.45, 7) is 3.49. The molecule has 2 atom stereocenters. The summed E-state index contributed by atoms with van der Waals surface area (Å²) in [4.78, 5) is 25.7. The molecule has 1 saturated heterocycles. The second kappa shape index (κ2) is 7.78. The van der Waals surface area contributed by atoms with Crippen molar-refractivity contribution < 1.29 is 14.7 Å². The molecule has 0 aromatic heterocycles. The highest BCUT2D eigenvalue weighted by Crippen LogP contribution is 2.27. The number of hydrogen-bond donors (Lipinski definition) is 2. The fourth-order valence-corrected chi connectivity index (χ4v) is 3.50. The molecule has 2 unspecified atom stereocenters. The minimum atomic E-state index is -0.423. The van der Waals surface area contributed by atoms with E-state index in [-0.39, 0.29) is 17.7 Å². The first kappa shape index (κ1) is 16.3. The molecule has 2 amide bonds. The molecular weight excluding hydrogens is 268 g/mol. The van der Waals surface area contributed by atoms with E-state index < -0.39 is 6.10 Å². The molecule has 21 heavy (non-hydrogen) atoms. The normalized spacial score (nSPS) is 24.9. The molecule has 1 saturated carbocycles. The molecular formula is C16H28N2O3. The number of carbonyl (C=O) groups is 2. The zero-order valence-corrected chi connectivity index (χ0v) is 13.0. The van der Waals surface area contributed by atoms with Crippen LogP contribution in [-0.4, -0.2) is 47.6 Å². The van der Waals surface area contributed by atoms with Crippen LogP contribution in [0.3, 0.4) is 0 Å². The molecule has 2 rings (SSSR count). The highest BCUT2D eigenvalue weighted by atomic mass is 16.3. The monoisotopic (exact) mass is 296 g/mol. The van der Waals surface area contributed by atoms with Gasteiger partial charge in [0, 0.05) is 26.1 Å². The third-order valence-electron chi connectivity index (χ3n) is 4.88. The van der Waals surface area contributed by atoms with Crippen molar-refractivity contribution in [2.24, 2.45) is 11.8 Å². The molecule has 0 radical (unpaired) electrons. The molecule has 2 N–H and O–H groups in total. The minimum Gasteiger partial charge on any atom is -0.391 e. The Labute approximate surface area is 127 Å². The Morgan fingerprint density at radius 1 is 1.24 bits per heavy atom. The van der Waals surface area contributed by atoms with E-state index in [4.69, 9.17) is 0 Å². The van der Waals surface area contributed by atoms with Crippen molar-refractivity contribution in [2.75, 3.05) is 19.6 Å². The number of nitrogens with one attached hydrogen (secondary N) is 1. The topological polar surface area (TPSA) is 69.6 Å². The summed E-state index contributed by atoms with van der Waals surface area (Å²) in [5, 5.41) is 13.0. The second-order valence-corrected chi connectivity index (χ2v) is 6.39. The maximum atomic E-state index is 12.2. The van der Waals surface area contributed by atoms with Gasteiger partial charge in [0.15, 0.2) is 0 Å². The quantitative estimate of drug-likeness (QED) is 0.803. The summed E-state index contributed by atoms with van der Waals surface area (Å²) in [6, 6.07) is 0. The number of carbonyl (C=O) groups excluding carboxylic acids is 2. The van der Waals surface area contributed by atoms with Gasteiger partial charge in [0.2, 0.25) is 11.8 Å². The standard InChI is InChI=1S/C16H28N2O3/c1-2-15(20)18-9-5-8-13(11-18)16(21)17-10-14(19)12-6-3-4-7-12/h12-14,19H,2-11H2,1H3,(H,17,21). The Hall–Kier alpha value is -1.10. The van der Waals surface area contributed by atoms with Crippen molar-refractivity contribution in [3.63, 3.8) is 0 Å². The lowest BCUT2D eigenvalue weighted by molar-refractivity contribution is -0.135. The van der Waals surface area contributed by atoms with Gasteiger partial charge < -0.3 is 15.3 Å². The van der Waals surface area contributed by atoms with E-state index in [1.165, 1.54) is 12.8 Å². The lowest BCUT2D eigenvalue weighted by Crippen LogP contribution is -2.47. The van der Waals surface area contributed by atoms with Crippen LogP contribution < -0.4 is 5.32 Å². The molecule has 5 heteroatoms. The van der Waals surface area contributed by atoms with E-state index in [0.717, 1.165) is 32.2 Å². The van der Waals surface area contributed by atoms with Crippen molar-refractivity contribution in [3.05, 3.63) is 0 Å². The predicted molar refractivity (Wildman–Crippen MR) is 80.6 cm³/mol. The molecule has 5 nitrogen and oxygen atoms in total. The van der Waals surface area contributed by atoms with Crippen LogP contribution in [0, 0.1) is 11.8 Å². The van der Waals surface area contributed by atoms with Crippen molar-refractivity contribution >= 4 is 11.8 Å². The molecule has 1 heterocycles. The average Bonchev–Trinajstić information content (AvgIpc) is 3.06. The van der Waals surface area contributed by atoms with Gasteiger partial charge in [0.1, 0.15) is 0 Å². The highest BCUT2D eigenvalue weighted by Gasteiger charge is 2.29. The molecule has 1 aliphatic heterocycles. The molecule has 120 valence electrons. The Bertz CT molecular complexity index is 367. The van der Waals surface area contributed by atoms with Gasteiger partial charge in [-0.3, -0.25) is 9.59 Å². The maximum absolute atomic E-state index is 12.2. The highest BCUT2D eigenvalue weighted by molar-refractivity contribution is 5.81. The van der Waals surface area contributed by atoms with Gasteiger partial charge in [0.05, 0.1) is 12.0 Å². The van der Waals surface area contributed by atoms with Gasteiger partial charge >= 0.3 is 0 Å². The van der Waals surface area contributed by atoms with Crippen LogP contribution in [-0.2, 0) is 9.59 Å². The number of aliphatic hydroxyl groups is 1. The third-order valence-corrected chi connectivity index (χ3v) is 4.88. The van der Waals surface area contributed by atoms with E-state index in [1.807, 2.05) is 6.92 Å². The van der Waals surface area contributed by atoms with Crippen LogP contribution in [0.15, 0.2) is 0 Å². The van der Waals surface area contributed by atoms with Crippen molar-refractivity contribution in [1.29, 1.82) is 0 Å². The zero-order valence-electron chi connectivity index (χ0n) is 13.0.